The van der Waals surface area contributed by atoms with Crippen molar-refractivity contribution < 1.29 is 13.2 Å². The van der Waals surface area contributed by atoms with Crippen LogP contribution in [0.25, 0.3) is 0 Å². The zero-order valence-electron chi connectivity index (χ0n) is 14.3. The van der Waals surface area contributed by atoms with E-state index >= 15 is 0 Å². The molecule has 1 aliphatic rings. The van der Waals surface area contributed by atoms with E-state index in [2.05, 4.69) is 17.6 Å². The van der Waals surface area contributed by atoms with Crippen LogP contribution in [0.1, 0.15) is 31.7 Å². The Labute approximate surface area is 148 Å². The van der Waals surface area contributed by atoms with Crippen molar-refractivity contribution in [3.63, 3.8) is 0 Å². The summed E-state index contributed by atoms with van der Waals surface area (Å²) in [6.07, 6.45) is 5.04. The summed E-state index contributed by atoms with van der Waals surface area (Å²) in [4.78, 5) is 12.2. The number of aryl methyl sites for hydroxylation is 1. The first-order valence-electron chi connectivity index (χ1n) is 8.40. The summed E-state index contributed by atoms with van der Waals surface area (Å²) in [7, 11) is -3.01. The van der Waals surface area contributed by atoms with Crippen molar-refractivity contribution in [3.05, 3.63) is 41.6 Å². The van der Waals surface area contributed by atoms with Gasteiger partial charge in [0.25, 0.3) is 5.91 Å². The molecule has 0 aliphatic carbocycles. The second kappa shape index (κ2) is 8.67. The molecule has 7 heteroatoms. The van der Waals surface area contributed by atoms with Gasteiger partial charge in [-0.15, -0.1) is 0 Å². The minimum Gasteiger partial charge on any atom is -0.386 e. The molecule has 1 atom stereocenters. The summed E-state index contributed by atoms with van der Waals surface area (Å²) in [6.45, 7) is 2.14. The third-order valence-corrected chi connectivity index (χ3v) is 5.86. The van der Waals surface area contributed by atoms with E-state index in [1.54, 1.807) is 0 Å². The number of hydrogen-bond donors (Lipinski definition) is 2. The van der Waals surface area contributed by atoms with Gasteiger partial charge in [0.15, 0.2) is 9.84 Å². The molecule has 0 saturated carbocycles. The van der Waals surface area contributed by atoms with Gasteiger partial charge in [-0.05, 0) is 37.0 Å². The zero-order chi connectivity index (χ0) is 18.3. The van der Waals surface area contributed by atoms with Gasteiger partial charge in [-0.1, -0.05) is 25.5 Å². The Morgan fingerprint density at radius 3 is 2.64 bits per heavy atom. The number of rotatable bonds is 7. The second-order valence-corrected chi connectivity index (χ2v) is 8.42. The zero-order valence-corrected chi connectivity index (χ0v) is 15.1. The largest absolute Gasteiger partial charge is 0.386 e. The fourth-order valence-electron chi connectivity index (χ4n) is 2.61. The van der Waals surface area contributed by atoms with Gasteiger partial charge in [-0.25, -0.2) is 8.42 Å². The van der Waals surface area contributed by atoms with Crippen LogP contribution < -0.4 is 10.6 Å². The molecule has 2 N–H and O–H groups in total. The van der Waals surface area contributed by atoms with E-state index in [0.717, 1.165) is 19.3 Å². The molecule has 0 aromatic heterocycles. The highest BCUT2D eigenvalue weighted by Crippen LogP contribution is 2.14. The highest BCUT2D eigenvalue weighted by atomic mass is 32.2. The third-order valence-electron chi connectivity index (χ3n) is 4.09. The maximum absolute atomic E-state index is 12.2. The summed E-state index contributed by atoms with van der Waals surface area (Å²) in [5, 5.41) is 14.7. The lowest BCUT2D eigenvalue weighted by Gasteiger charge is -2.09. The Balaban J connectivity index is 1.93. The van der Waals surface area contributed by atoms with Gasteiger partial charge in [0, 0.05) is 17.9 Å². The molecule has 1 aliphatic heterocycles. The predicted molar refractivity (Wildman–Crippen MR) is 97.6 cm³/mol. The third kappa shape index (κ3) is 5.91. The molecular weight excluding hydrogens is 338 g/mol. The second-order valence-electron chi connectivity index (χ2n) is 6.19. The van der Waals surface area contributed by atoms with E-state index in [-0.39, 0.29) is 23.1 Å². The molecule has 1 heterocycles. The van der Waals surface area contributed by atoms with Crippen molar-refractivity contribution in [1.82, 2.24) is 5.32 Å². The fourth-order valence-corrected chi connectivity index (χ4v) is 4.30. The number of hydrogen-bond acceptors (Lipinski definition) is 5. The van der Waals surface area contributed by atoms with Crippen LogP contribution in [-0.2, 0) is 21.1 Å². The summed E-state index contributed by atoms with van der Waals surface area (Å²) >= 11 is 0. The first-order chi connectivity index (χ1) is 11.9. The van der Waals surface area contributed by atoms with Crippen molar-refractivity contribution in [2.75, 3.05) is 16.8 Å². The van der Waals surface area contributed by atoms with Crippen molar-refractivity contribution in [1.29, 1.82) is 5.26 Å². The normalized spacial score (nSPS) is 19.2. The topological polar surface area (TPSA) is 99.1 Å². The smallest absolute Gasteiger partial charge is 0.267 e. The van der Waals surface area contributed by atoms with Crippen LogP contribution >= 0.6 is 0 Å². The molecule has 134 valence electrons. The average Bonchev–Trinajstić information content (AvgIpc) is 2.94. The monoisotopic (exact) mass is 361 g/mol. The van der Waals surface area contributed by atoms with Crippen LogP contribution in [0.4, 0.5) is 5.69 Å². The predicted octanol–water partition coefficient (Wildman–Crippen LogP) is 2.15. The lowest BCUT2D eigenvalue weighted by Crippen LogP contribution is -2.27. The average molecular weight is 361 g/mol. The number of nitrogens with zero attached hydrogens (tertiary/aromatic N) is 1. The van der Waals surface area contributed by atoms with E-state index in [1.807, 2.05) is 30.3 Å². The molecule has 1 aromatic rings. The Morgan fingerprint density at radius 1 is 1.36 bits per heavy atom. The molecule has 1 unspecified atom stereocenters. The summed E-state index contributed by atoms with van der Waals surface area (Å²) < 4.78 is 22.8. The number of nitrogens with one attached hydrogen (secondary N) is 2. The molecule has 1 fully saturated rings. The van der Waals surface area contributed by atoms with Gasteiger partial charge in [-0.2, -0.15) is 5.26 Å². The molecule has 25 heavy (non-hydrogen) atoms. The van der Waals surface area contributed by atoms with E-state index in [4.69, 9.17) is 5.26 Å². The lowest BCUT2D eigenvalue weighted by atomic mass is 10.1. The maximum Gasteiger partial charge on any atom is 0.267 e. The SMILES string of the molecule is CCCCc1ccc(NC(=O)/C(C#N)=C\NC2CCS(=O)(=O)C2)cc1. The van der Waals surface area contributed by atoms with Gasteiger partial charge in [0.1, 0.15) is 11.6 Å². The first-order valence-corrected chi connectivity index (χ1v) is 10.2. The van der Waals surface area contributed by atoms with E-state index in [1.165, 1.54) is 11.8 Å². The first kappa shape index (κ1) is 19.0. The Morgan fingerprint density at radius 2 is 2.08 bits per heavy atom. The van der Waals surface area contributed by atoms with Gasteiger partial charge in [0.2, 0.25) is 0 Å². The van der Waals surface area contributed by atoms with Crippen molar-refractivity contribution in [2.24, 2.45) is 0 Å². The van der Waals surface area contributed by atoms with Gasteiger partial charge < -0.3 is 10.6 Å². The Hall–Kier alpha value is -2.33. The number of nitriles is 1. The Kier molecular flexibility index (Phi) is 6.59. The van der Waals surface area contributed by atoms with Crippen LogP contribution in [0, 0.1) is 11.3 Å². The van der Waals surface area contributed by atoms with E-state index in [9.17, 15) is 13.2 Å². The quantitative estimate of drug-likeness (QED) is 0.573. The molecule has 0 bridgehead atoms. The number of sulfone groups is 1. The molecule has 1 aromatic carbocycles. The van der Waals surface area contributed by atoms with Crippen molar-refractivity contribution in [3.8, 4) is 6.07 Å². The standard InChI is InChI=1S/C18H23N3O3S/c1-2-3-4-14-5-7-16(8-6-14)21-18(22)15(11-19)12-20-17-9-10-25(23,24)13-17/h5-8,12,17,20H,2-4,9-10,13H2,1H3,(H,21,22)/b15-12-. The van der Waals surface area contributed by atoms with E-state index < -0.39 is 15.7 Å². The lowest BCUT2D eigenvalue weighted by molar-refractivity contribution is -0.112. The van der Waals surface area contributed by atoms with Crippen LogP contribution in [0.5, 0.6) is 0 Å². The summed E-state index contributed by atoms with van der Waals surface area (Å²) in [5.74, 6) is -0.350. The molecule has 0 radical (unpaired) electrons. The molecule has 2 rings (SSSR count). The minimum absolute atomic E-state index is 0.0308. The number of anilines is 1. The van der Waals surface area contributed by atoms with Crippen LogP contribution in [0.3, 0.4) is 0 Å². The number of benzene rings is 1. The number of amides is 1. The molecule has 0 spiro atoms. The summed E-state index contributed by atoms with van der Waals surface area (Å²) in [6, 6.07) is 9.14. The van der Waals surface area contributed by atoms with Gasteiger partial charge in [0.05, 0.1) is 11.5 Å². The summed E-state index contributed by atoms with van der Waals surface area (Å²) in [5.41, 5.74) is 1.74. The number of carbonyl (C=O) groups is 1. The number of carbonyl (C=O) groups excluding carboxylic acids is 1. The van der Waals surface area contributed by atoms with E-state index in [0.29, 0.717) is 12.1 Å². The highest BCUT2D eigenvalue weighted by Gasteiger charge is 2.27. The van der Waals surface area contributed by atoms with Gasteiger partial charge >= 0.3 is 0 Å². The molecule has 1 amide bonds. The molecule has 6 nitrogen and oxygen atoms in total. The van der Waals surface area contributed by atoms with Crippen LogP contribution in [0.15, 0.2) is 36.0 Å². The van der Waals surface area contributed by atoms with Crippen molar-refractivity contribution in [2.45, 2.75) is 38.6 Å². The van der Waals surface area contributed by atoms with Gasteiger partial charge in [-0.3, -0.25) is 4.79 Å². The number of unbranched alkanes of at least 4 members (excludes halogenated alkanes) is 1. The van der Waals surface area contributed by atoms with Crippen LogP contribution in [0.2, 0.25) is 0 Å². The maximum atomic E-state index is 12.2. The fraction of sp³-hybridized carbons (Fsp3) is 0.444. The van der Waals surface area contributed by atoms with Crippen molar-refractivity contribution >= 4 is 21.4 Å². The minimum atomic E-state index is -3.01. The molecular formula is C18H23N3O3S. The molecule has 1 saturated heterocycles. The highest BCUT2D eigenvalue weighted by molar-refractivity contribution is 7.91. The van der Waals surface area contributed by atoms with Crippen LogP contribution in [-0.4, -0.2) is 31.9 Å². The Bertz CT molecular complexity index is 777.